The average Bonchev–Trinajstić information content (AvgIpc) is 2.26. The van der Waals surface area contributed by atoms with Gasteiger partial charge in [-0.05, 0) is 30.8 Å². The second-order valence-electron chi connectivity index (χ2n) is 3.30. The molecule has 0 saturated heterocycles. The molecule has 0 saturated carbocycles. The van der Waals surface area contributed by atoms with E-state index in [9.17, 15) is 0 Å². The average molecular weight is 187 g/mol. The Hall–Kier alpha value is -1.26. The molecular formula is C13H17N. The van der Waals surface area contributed by atoms with Gasteiger partial charge in [0.1, 0.15) is 0 Å². The second-order valence-corrected chi connectivity index (χ2v) is 3.30. The molecule has 0 bridgehead atoms. The van der Waals surface area contributed by atoms with E-state index in [-0.39, 0.29) is 0 Å². The molecule has 0 N–H and O–H groups in total. The second kappa shape index (κ2) is 5.47. The third-order valence-corrected chi connectivity index (χ3v) is 2.42. The van der Waals surface area contributed by atoms with Crippen molar-refractivity contribution in [2.24, 2.45) is 0 Å². The Labute approximate surface area is 86.7 Å². The Balaban J connectivity index is 2.64. The van der Waals surface area contributed by atoms with Gasteiger partial charge in [-0.2, -0.15) is 0 Å². The van der Waals surface area contributed by atoms with E-state index in [2.05, 4.69) is 36.8 Å². The molecule has 74 valence electrons. The molecule has 1 nitrogen and oxygen atoms in total. The molecule has 1 heteroatoms. The summed E-state index contributed by atoms with van der Waals surface area (Å²) >= 11 is 0. The molecule has 0 aliphatic rings. The van der Waals surface area contributed by atoms with Crippen molar-refractivity contribution < 1.29 is 0 Å². The molecule has 0 fully saturated rings. The SMILES string of the molecule is C#Cc1ccc(CN(CC)CC)cc1. The van der Waals surface area contributed by atoms with Crippen molar-refractivity contribution in [3.63, 3.8) is 0 Å². The molecule has 0 aromatic heterocycles. The highest BCUT2D eigenvalue weighted by Crippen LogP contribution is 2.06. The molecule has 1 aromatic rings. The van der Waals surface area contributed by atoms with E-state index < -0.39 is 0 Å². The number of hydrogen-bond acceptors (Lipinski definition) is 1. The molecule has 0 atom stereocenters. The zero-order chi connectivity index (χ0) is 10.4. The molecule has 0 aliphatic heterocycles. The number of terminal acetylenes is 1. The first-order valence-corrected chi connectivity index (χ1v) is 5.08. The van der Waals surface area contributed by atoms with Crippen LogP contribution in [0.1, 0.15) is 25.0 Å². The third-order valence-electron chi connectivity index (χ3n) is 2.42. The van der Waals surface area contributed by atoms with Crippen molar-refractivity contribution in [1.82, 2.24) is 4.90 Å². The van der Waals surface area contributed by atoms with E-state index in [1.807, 2.05) is 12.1 Å². The van der Waals surface area contributed by atoms with Gasteiger partial charge < -0.3 is 0 Å². The third kappa shape index (κ3) is 2.90. The summed E-state index contributed by atoms with van der Waals surface area (Å²) in [7, 11) is 0. The van der Waals surface area contributed by atoms with Gasteiger partial charge in [-0.25, -0.2) is 0 Å². The maximum absolute atomic E-state index is 5.29. The van der Waals surface area contributed by atoms with Crippen LogP contribution in [0, 0.1) is 12.3 Å². The minimum atomic E-state index is 0.952. The minimum absolute atomic E-state index is 0.952. The van der Waals surface area contributed by atoms with Crippen LogP contribution in [-0.4, -0.2) is 18.0 Å². The first kappa shape index (κ1) is 10.8. The van der Waals surface area contributed by atoms with Crippen molar-refractivity contribution in [1.29, 1.82) is 0 Å². The molecule has 0 spiro atoms. The summed E-state index contributed by atoms with van der Waals surface area (Å²) in [5.41, 5.74) is 2.28. The van der Waals surface area contributed by atoms with Crippen molar-refractivity contribution in [3.8, 4) is 12.3 Å². The van der Waals surface area contributed by atoms with E-state index >= 15 is 0 Å². The van der Waals surface area contributed by atoms with E-state index in [0.717, 1.165) is 25.2 Å². The zero-order valence-corrected chi connectivity index (χ0v) is 8.96. The Morgan fingerprint density at radius 2 is 1.71 bits per heavy atom. The van der Waals surface area contributed by atoms with Crippen LogP contribution in [0.25, 0.3) is 0 Å². The van der Waals surface area contributed by atoms with Crippen LogP contribution in [0.15, 0.2) is 24.3 Å². The summed E-state index contributed by atoms with van der Waals surface area (Å²) in [5.74, 6) is 2.62. The van der Waals surface area contributed by atoms with Crippen LogP contribution in [0.4, 0.5) is 0 Å². The van der Waals surface area contributed by atoms with Gasteiger partial charge in [0.2, 0.25) is 0 Å². The van der Waals surface area contributed by atoms with Crippen LogP contribution < -0.4 is 0 Å². The molecule has 0 unspecified atom stereocenters. The van der Waals surface area contributed by atoms with Crippen molar-refractivity contribution in [3.05, 3.63) is 35.4 Å². The topological polar surface area (TPSA) is 3.24 Å². The molecule has 1 rings (SSSR count). The summed E-state index contributed by atoms with van der Waals surface area (Å²) in [5, 5.41) is 0. The van der Waals surface area contributed by atoms with E-state index in [0.29, 0.717) is 0 Å². The highest BCUT2D eigenvalue weighted by molar-refractivity contribution is 5.34. The molecular weight excluding hydrogens is 170 g/mol. The van der Waals surface area contributed by atoms with Crippen LogP contribution in [0.2, 0.25) is 0 Å². The first-order valence-electron chi connectivity index (χ1n) is 5.08. The largest absolute Gasteiger partial charge is 0.300 e. The Morgan fingerprint density at radius 1 is 1.14 bits per heavy atom. The summed E-state index contributed by atoms with van der Waals surface area (Å²) in [6.07, 6.45) is 5.29. The van der Waals surface area contributed by atoms with Crippen LogP contribution >= 0.6 is 0 Å². The lowest BCUT2D eigenvalue weighted by molar-refractivity contribution is 0.296. The van der Waals surface area contributed by atoms with Gasteiger partial charge in [0, 0.05) is 12.1 Å². The lowest BCUT2D eigenvalue weighted by Crippen LogP contribution is -2.21. The van der Waals surface area contributed by atoms with Crippen LogP contribution in [0.5, 0.6) is 0 Å². The molecule has 1 aromatic carbocycles. The number of nitrogens with zero attached hydrogens (tertiary/aromatic N) is 1. The van der Waals surface area contributed by atoms with Gasteiger partial charge in [-0.1, -0.05) is 31.9 Å². The van der Waals surface area contributed by atoms with Gasteiger partial charge in [0.05, 0.1) is 0 Å². The van der Waals surface area contributed by atoms with Gasteiger partial charge in [0.15, 0.2) is 0 Å². The predicted octanol–water partition coefficient (Wildman–Crippen LogP) is 2.51. The standard InChI is InChI=1S/C13H17N/c1-4-12-7-9-13(10-8-12)11-14(5-2)6-3/h1,7-10H,5-6,11H2,2-3H3. The van der Waals surface area contributed by atoms with Crippen molar-refractivity contribution in [2.45, 2.75) is 20.4 Å². The molecule has 0 aliphatic carbocycles. The van der Waals surface area contributed by atoms with E-state index in [1.54, 1.807) is 0 Å². The van der Waals surface area contributed by atoms with Crippen LogP contribution in [0.3, 0.4) is 0 Å². The molecule has 0 amide bonds. The fraction of sp³-hybridized carbons (Fsp3) is 0.385. The monoisotopic (exact) mass is 187 g/mol. The maximum atomic E-state index is 5.29. The van der Waals surface area contributed by atoms with Gasteiger partial charge in [-0.15, -0.1) is 6.42 Å². The van der Waals surface area contributed by atoms with Crippen molar-refractivity contribution in [2.75, 3.05) is 13.1 Å². The Kier molecular flexibility index (Phi) is 4.22. The molecule has 0 heterocycles. The smallest absolute Gasteiger partial charge is 0.0242 e. The normalized spacial score (nSPS) is 10.1. The Bertz CT molecular complexity index is 301. The molecule has 14 heavy (non-hydrogen) atoms. The molecule has 0 radical (unpaired) electrons. The first-order chi connectivity index (χ1) is 6.80. The minimum Gasteiger partial charge on any atom is -0.300 e. The lowest BCUT2D eigenvalue weighted by atomic mass is 10.1. The summed E-state index contributed by atoms with van der Waals surface area (Å²) in [6.45, 7) is 7.55. The van der Waals surface area contributed by atoms with Gasteiger partial charge >= 0.3 is 0 Å². The fourth-order valence-corrected chi connectivity index (χ4v) is 1.41. The number of benzene rings is 1. The predicted molar refractivity (Wildman–Crippen MR) is 61.0 cm³/mol. The Morgan fingerprint density at radius 3 is 2.14 bits per heavy atom. The number of rotatable bonds is 4. The van der Waals surface area contributed by atoms with Gasteiger partial charge in [0.25, 0.3) is 0 Å². The summed E-state index contributed by atoms with van der Waals surface area (Å²) < 4.78 is 0. The lowest BCUT2D eigenvalue weighted by Gasteiger charge is -2.17. The zero-order valence-electron chi connectivity index (χ0n) is 8.96. The van der Waals surface area contributed by atoms with Crippen LogP contribution in [-0.2, 0) is 6.54 Å². The maximum Gasteiger partial charge on any atom is 0.0242 e. The summed E-state index contributed by atoms with van der Waals surface area (Å²) in [4.78, 5) is 2.38. The van der Waals surface area contributed by atoms with E-state index in [4.69, 9.17) is 6.42 Å². The highest BCUT2D eigenvalue weighted by Gasteiger charge is 1.99. The van der Waals surface area contributed by atoms with Gasteiger partial charge in [-0.3, -0.25) is 4.90 Å². The fourth-order valence-electron chi connectivity index (χ4n) is 1.41. The summed E-state index contributed by atoms with van der Waals surface area (Å²) in [6, 6.07) is 8.21. The van der Waals surface area contributed by atoms with Crippen molar-refractivity contribution >= 4 is 0 Å². The quantitative estimate of drug-likeness (QED) is 0.655. The highest BCUT2D eigenvalue weighted by atomic mass is 15.1. The van der Waals surface area contributed by atoms with E-state index in [1.165, 1.54) is 5.56 Å². The number of hydrogen-bond donors (Lipinski definition) is 0.